The van der Waals surface area contributed by atoms with Crippen molar-refractivity contribution in [2.45, 2.75) is 19.8 Å². The average Bonchev–Trinajstić information content (AvgIpc) is 2.70. The van der Waals surface area contributed by atoms with Crippen molar-refractivity contribution in [1.29, 1.82) is 0 Å². The van der Waals surface area contributed by atoms with Gasteiger partial charge in [-0.05, 0) is 18.6 Å². The summed E-state index contributed by atoms with van der Waals surface area (Å²) in [5, 5.41) is 3.42. The third-order valence-corrected chi connectivity index (χ3v) is 4.68. The number of benzene rings is 1. The molecule has 0 atom stereocenters. The molecule has 0 spiro atoms. The highest BCUT2D eigenvalue weighted by atomic mass is 127. The van der Waals surface area contributed by atoms with Crippen LogP contribution in [0, 0.1) is 0 Å². The van der Waals surface area contributed by atoms with Gasteiger partial charge >= 0.3 is 0 Å². The van der Waals surface area contributed by atoms with Gasteiger partial charge in [0.1, 0.15) is 12.3 Å². The molecule has 7 nitrogen and oxygen atoms in total. The number of likely N-dealkylation sites (N-methyl/N-ethyl adjacent to an activating group) is 1. The van der Waals surface area contributed by atoms with Gasteiger partial charge < -0.3 is 24.8 Å². The Morgan fingerprint density at radius 2 is 1.89 bits per heavy atom. The van der Waals surface area contributed by atoms with Crippen molar-refractivity contribution in [1.82, 2.24) is 15.1 Å². The van der Waals surface area contributed by atoms with Gasteiger partial charge in [-0.2, -0.15) is 0 Å². The number of amides is 1. The predicted molar refractivity (Wildman–Crippen MR) is 126 cm³/mol. The van der Waals surface area contributed by atoms with Crippen molar-refractivity contribution in [3.05, 3.63) is 24.3 Å². The van der Waals surface area contributed by atoms with Crippen LogP contribution in [0.25, 0.3) is 0 Å². The number of nitrogens with one attached hydrogen (secondary N) is 1. The van der Waals surface area contributed by atoms with Crippen LogP contribution >= 0.6 is 24.0 Å². The molecule has 0 aliphatic carbocycles. The highest BCUT2D eigenvalue weighted by Crippen LogP contribution is 2.28. The third-order valence-electron chi connectivity index (χ3n) is 4.68. The summed E-state index contributed by atoms with van der Waals surface area (Å²) in [7, 11) is 5.22. The second kappa shape index (κ2) is 12.7. The van der Waals surface area contributed by atoms with Gasteiger partial charge in [-0.3, -0.25) is 4.79 Å². The zero-order valence-electron chi connectivity index (χ0n) is 17.5. The molecule has 1 aromatic carbocycles. The number of guanidine groups is 1. The molecule has 1 fully saturated rings. The van der Waals surface area contributed by atoms with Crippen LogP contribution in [0.4, 0.5) is 5.69 Å². The first kappa shape index (κ1) is 24.3. The Balaban J connectivity index is 0.00000392. The first-order valence-corrected chi connectivity index (χ1v) is 9.68. The summed E-state index contributed by atoms with van der Waals surface area (Å²) >= 11 is 0. The Kier molecular flexibility index (Phi) is 11.0. The van der Waals surface area contributed by atoms with E-state index >= 15 is 0 Å². The number of aliphatic imine (C=N–C) groups is 1. The highest BCUT2D eigenvalue weighted by Gasteiger charge is 2.22. The number of carbonyl (C=O) groups excluding carboxylic acids is 1. The standard InChI is InChI=1S/C20H33N5O2.HI/c1-5-6-11-21-20(22-16-19(26)23(2)3)25-14-12-24(13-15-25)17-9-7-8-10-18(17)27-4;/h7-10H,5-6,11-16H2,1-4H3,(H,21,22);1H. The molecule has 0 radical (unpaired) electrons. The number of carbonyl (C=O) groups is 1. The molecule has 1 saturated heterocycles. The summed E-state index contributed by atoms with van der Waals surface area (Å²) in [6.07, 6.45) is 2.21. The first-order valence-electron chi connectivity index (χ1n) is 9.68. The van der Waals surface area contributed by atoms with Gasteiger partial charge in [-0.25, -0.2) is 4.99 Å². The average molecular weight is 503 g/mol. The molecule has 1 N–H and O–H groups in total. The molecule has 0 unspecified atom stereocenters. The molecule has 1 aliphatic rings. The Morgan fingerprint density at radius 3 is 2.50 bits per heavy atom. The molecule has 2 rings (SSSR count). The second-order valence-electron chi connectivity index (χ2n) is 6.85. The summed E-state index contributed by atoms with van der Waals surface area (Å²) in [6.45, 7) is 6.69. The van der Waals surface area contributed by atoms with E-state index in [0.29, 0.717) is 0 Å². The van der Waals surface area contributed by atoms with Gasteiger partial charge in [-0.1, -0.05) is 25.5 Å². The molecule has 0 aromatic heterocycles. The number of hydrogen-bond acceptors (Lipinski definition) is 4. The van der Waals surface area contributed by atoms with E-state index in [1.165, 1.54) is 0 Å². The molecule has 158 valence electrons. The van der Waals surface area contributed by atoms with E-state index < -0.39 is 0 Å². The third kappa shape index (κ3) is 7.03. The minimum atomic E-state index is 0. The molecule has 1 aromatic rings. The molecule has 0 saturated carbocycles. The molecule has 8 heteroatoms. The number of ether oxygens (including phenoxy) is 1. The number of para-hydroxylation sites is 2. The van der Waals surface area contributed by atoms with E-state index in [4.69, 9.17) is 4.74 Å². The maximum atomic E-state index is 11.9. The molecule has 1 amide bonds. The fourth-order valence-corrected chi connectivity index (χ4v) is 2.98. The summed E-state index contributed by atoms with van der Waals surface area (Å²) in [6, 6.07) is 8.12. The van der Waals surface area contributed by atoms with Crippen molar-refractivity contribution >= 4 is 41.5 Å². The summed E-state index contributed by atoms with van der Waals surface area (Å²) in [5.74, 6) is 1.74. The van der Waals surface area contributed by atoms with Crippen molar-refractivity contribution in [3.8, 4) is 5.75 Å². The van der Waals surface area contributed by atoms with E-state index in [1.807, 2.05) is 18.2 Å². The van der Waals surface area contributed by atoms with Crippen LogP contribution < -0.4 is 15.0 Å². The highest BCUT2D eigenvalue weighted by molar-refractivity contribution is 14.0. The van der Waals surface area contributed by atoms with Gasteiger partial charge in [0.05, 0.1) is 12.8 Å². The second-order valence-corrected chi connectivity index (χ2v) is 6.85. The summed E-state index contributed by atoms with van der Waals surface area (Å²) in [5.41, 5.74) is 1.12. The Bertz CT molecular complexity index is 631. The summed E-state index contributed by atoms with van der Waals surface area (Å²) in [4.78, 5) is 22.6. The van der Waals surface area contributed by atoms with Gasteiger partial charge in [0.2, 0.25) is 5.91 Å². The van der Waals surface area contributed by atoms with Crippen LogP contribution in [-0.4, -0.2) is 82.1 Å². The number of nitrogens with zero attached hydrogens (tertiary/aromatic N) is 4. The van der Waals surface area contributed by atoms with Crippen LogP contribution in [0.2, 0.25) is 0 Å². The van der Waals surface area contributed by atoms with Gasteiger partial charge in [0.25, 0.3) is 0 Å². The molecule has 1 aliphatic heterocycles. The SMILES string of the molecule is CCCCNC(=NCC(=O)N(C)C)N1CCN(c2ccccc2OC)CC1.I. The van der Waals surface area contributed by atoms with Crippen LogP contribution in [0.1, 0.15) is 19.8 Å². The first-order chi connectivity index (χ1) is 13.1. The quantitative estimate of drug-likeness (QED) is 0.268. The van der Waals surface area contributed by atoms with E-state index in [9.17, 15) is 4.79 Å². The molecule has 28 heavy (non-hydrogen) atoms. The van der Waals surface area contributed by atoms with Crippen LogP contribution in [-0.2, 0) is 4.79 Å². The fourth-order valence-electron chi connectivity index (χ4n) is 2.98. The van der Waals surface area contributed by atoms with Crippen molar-refractivity contribution in [2.75, 3.05) is 65.4 Å². The number of rotatable bonds is 7. The Labute approximate surface area is 186 Å². The lowest BCUT2D eigenvalue weighted by Crippen LogP contribution is -2.53. The van der Waals surface area contributed by atoms with E-state index in [2.05, 4.69) is 33.1 Å². The topological polar surface area (TPSA) is 60.4 Å². The largest absolute Gasteiger partial charge is 0.495 e. The molecular weight excluding hydrogens is 469 g/mol. The zero-order valence-corrected chi connectivity index (χ0v) is 19.8. The minimum absolute atomic E-state index is 0. The maximum absolute atomic E-state index is 11.9. The number of anilines is 1. The van der Waals surface area contributed by atoms with E-state index in [0.717, 1.165) is 63.0 Å². The lowest BCUT2D eigenvalue weighted by atomic mass is 10.2. The lowest BCUT2D eigenvalue weighted by Gasteiger charge is -2.38. The van der Waals surface area contributed by atoms with Crippen LogP contribution in [0.5, 0.6) is 5.75 Å². The van der Waals surface area contributed by atoms with Gasteiger partial charge in [0.15, 0.2) is 5.96 Å². The number of halogens is 1. The van der Waals surface area contributed by atoms with Crippen LogP contribution in [0.15, 0.2) is 29.3 Å². The van der Waals surface area contributed by atoms with Gasteiger partial charge in [0, 0.05) is 46.8 Å². The zero-order chi connectivity index (χ0) is 19.6. The number of hydrogen-bond donors (Lipinski definition) is 1. The van der Waals surface area contributed by atoms with Crippen molar-refractivity contribution in [3.63, 3.8) is 0 Å². The summed E-state index contributed by atoms with van der Waals surface area (Å²) < 4.78 is 5.49. The monoisotopic (exact) mass is 503 g/mol. The molecule has 0 bridgehead atoms. The Hall–Kier alpha value is -1.71. The molecular formula is C20H34IN5O2. The number of unbranched alkanes of at least 4 members (excludes halogenated alkanes) is 1. The molecule has 1 heterocycles. The van der Waals surface area contributed by atoms with Crippen LogP contribution in [0.3, 0.4) is 0 Å². The number of methoxy groups -OCH3 is 1. The maximum Gasteiger partial charge on any atom is 0.243 e. The van der Waals surface area contributed by atoms with Gasteiger partial charge in [-0.15, -0.1) is 24.0 Å². The normalized spacial score (nSPS) is 14.4. The van der Waals surface area contributed by atoms with Crippen molar-refractivity contribution in [2.24, 2.45) is 4.99 Å². The number of piperazine rings is 1. The minimum Gasteiger partial charge on any atom is -0.495 e. The lowest BCUT2D eigenvalue weighted by molar-refractivity contribution is -0.127. The van der Waals surface area contributed by atoms with Crippen molar-refractivity contribution < 1.29 is 9.53 Å². The predicted octanol–water partition coefficient (Wildman–Crippen LogP) is 2.27. The van der Waals surface area contributed by atoms with E-state index in [1.54, 1.807) is 26.1 Å². The Morgan fingerprint density at radius 1 is 1.21 bits per heavy atom. The van der Waals surface area contributed by atoms with E-state index in [-0.39, 0.29) is 36.4 Å². The smallest absolute Gasteiger partial charge is 0.243 e. The fraction of sp³-hybridized carbons (Fsp3) is 0.600.